The number of likely N-dealkylation sites (tertiary alicyclic amines) is 1. The summed E-state index contributed by atoms with van der Waals surface area (Å²) in [6.45, 7) is 7.11. The van der Waals surface area contributed by atoms with Crippen molar-refractivity contribution in [1.82, 2.24) is 10.2 Å². The lowest BCUT2D eigenvalue weighted by atomic mass is 10.3. The van der Waals surface area contributed by atoms with Crippen LogP contribution in [0.5, 0.6) is 0 Å². The first-order valence-corrected chi connectivity index (χ1v) is 4.72. The van der Waals surface area contributed by atoms with Crippen LogP contribution >= 0.6 is 0 Å². The van der Waals surface area contributed by atoms with E-state index in [4.69, 9.17) is 0 Å². The summed E-state index contributed by atoms with van der Waals surface area (Å²) in [4.78, 5) is 13.1. The van der Waals surface area contributed by atoms with Gasteiger partial charge in [-0.1, -0.05) is 6.92 Å². The summed E-state index contributed by atoms with van der Waals surface area (Å²) in [6.07, 6.45) is 2.31. The molecule has 70 valence electrons. The number of carbonyl (C=O) groups excluding carboxylic acids is 1. The van der Waals surface area contributed by atoms with Gasteiger partial charge >= 0.3 is 0 Å². The van der Waals surface area contributed by atoms with Gasteiger partial charge in [-0.15, -0.1) is 0 Å². The first kappa shape index (κ1) is 9.52. The minimum absolute atomic E-state index is 0.0957. The summed E-state index contributed by atoms with van der Waals surface area (Å²) in [7, 11) is 0. The van der Waals surface area contributed by atoms with Crippen molar-refractivity contribution in [3.63, 3.8) is 0 Å². The molecule has 1 saturated heterocycles. The Bertz CT molecular complexity index is 159. The van der Waals surface area contributed by atoms with E-state index < -0.39 is 0 Å². The Kier molecular flexibility index (Phi) is 3.53. The van der Waals surface area contributed by atoms with Crippen LogP contribution in [0.2, 0.25) is 0 Å². The molecule has 0 aliphatic carbocycles. The van der Waals surface area contributed by atoms with Gasteiger partial charge in [-0.25, -0.2) is 0 Å². The maximum atomic E-state index is 10.7. The summed E-state index contributed by atoms with van der Waals surface area (Å²) in [5.74, 6) is 0.0957. The van der Waals surface area contributed by atoms with Crippen molar-refractivity contribution in [1.29, 1.82) is 0 Å². The lowest BCUT2D eigenvalue weighted by Crippen LogP contribution is -2.35. The fraction of sp³-hybridized carbons (Fsp3) is 0.889. The molecule has 1 atom stereocenters. The Labute approximate surface area is 74.1 Å². The molecule has 0 unspecified atom stereocenters. The van der Waals surface area contributed by atoms with E-state index in [-0.39, 0.29) is 5.91 Å². The molecule has 0 radical (unpaired) electrons. The van der Waals surface area contributed by atoms with Gasteiger partial charge in [0, 0.05) is 26.1 Å². The number of hydrogen-bond acceptors (Lipinski definition) is 2. The summed E-state index contributed by atoms with van der Waals surface area (Å²) in [5.41, 5.74) is 0. The van der Waals surface area contributed by atoms with Crippen LogP contribution in [0, 0.1) is 0 Å². The van der Waals surface area contributed by atoms with Gasteiger partial charge in [0.15, 0.2) is 0 Å². The van der Waals surface area contributed by atoms with Crippen LogP contribution in [0.1, 0.15) is 26.7 Å². The topological polar surface area (TPSA) is 32.3 Å². The van der Waals surface area contributed by atoms with Crippen molar-refractivity contribution >= 4 is 5.91 Å². The maximum Gasteiger partial charge on any atom is 0.217 e. The van der Waals surface area contributed by atoms with Gasteiger partial charge in [-0.05, 0) is 19.4 Å². The van der Waals surface area contributed by atoms with E-state index in [2.05, 4.69) is 17.1 Å². The molecule has 1 heterocycles. The third-order valence-electron chi connectivity index (χ3n) is 2.22. The van der Waals surface area contributed by atoms with Gasteiger partial charge < -0.3 is 10.2 Å². The second-order valence-corrected chi connectivity index (χ2v) is 3.49. The second kappa shape index (κ2) is 4.45. The van der Waals surface area contributed by atoms with Crippen molar-refractivity contribution in [2.24, 2.45) is 0 Å². The summed E-state index contributed by atoms with van der Waals surface area (Å²) in [6, 6.07) is 0.397. The van der Waals surface area contributed by atoms with E-state index in [1.807, 2.05) is 0 Å². The molecular formula is C9H18N2O. The average Bonchev–Trinajstić information content (AvgIpc) is 2.36. The number of nitrogens with one attached hydrogen (secondary N) is 1. The fourth-order valence-electron chi connectivity index (χ4n) is 1.76. The molecule has 1 fully saturated rings. The van der Waals surface area contributed by atoms with Crippen LogP contribution < -0.4 is 5.32 Å². The Hall–Kier alpha value is -0.570. The molecule has 1 N–H and O–H groups in total. The zero-order chi connectivity index (χ0) is 8.97. The third-order valence-corrected chi connectivity index (χ3v) is 2.22. The highest BCUT2D eigenvalue weighted by molar-refractivity contribution is 5.73. The van der Waals surface area contributed by atoms with E-state index in [0.717, 1.165) is 26.1 Å². The van der Waals surface area contributed by atoms with Crippen LogP contribution in [-0.2, 0) is 4.79 Å². The predicted octanol–water partition coefficient (Wildman–Crippen LogP) is 0.607. The molecule has 3 heteroatoms. The lowest BCUT2D eigenvalue weighted by molar-refractivity contribution is -0.119. The van der Waals surface area contributed by atoms with E-state index in [1.54, 1.807) is 6.92 Å². The Morgan fingerprint density at radius 2 is 2.42 bits per heavy atom. The quantitative estimate of drug-likeness (QED) is 0.673. The van der Waals surface area contributed by atoms with E-state index in [0.29, 0.717) is 6.04 Å². The zero-order valence-corrected chi connectivity index (χ0v) is 7.97. The first-order chi connectivity index (χ1) is 5.72. The number of rotatable bonds is 3. The second-order valence-electron chi connectivity index (χ2n) is 3.49. The third kappa shape index (κ3) is 2.81. The molecule has 0 aromatic heterocycles. The molecule has 3 nitrogen and oxygen atoms in total. The molecule has 0 spiro atoms. The Morgan fingerprint density at radius 1 is 1.67 bits per heavy atom. The molecular weight excluding hydrogens is 152 g/mol. The number of nitrogens with zero attached hydrogens (tertiary/aromatic N) is 1. The SMILES string of the molecule is CCCN1CC[C@@H](NC(C)=O)C1. The van der Waals surface area contributed by atoms with E-state index in [9.17, 15) is 4.79 Å². The van der Waals surface area contributed by atoms with Gasteiger partial charge in [0.1, 0.15) is 0 Å². The van der Waals surface area contributed by atoms with Crippen LogP contribution in [-0.4, -0.2) is 36.5 Å². The van der Waals surface area contributed by atoms with Crippen molar-refractivity contribution < 1.29 is 4.79 Å². The van der Waals surface area contributed by atoms with Gasteiger partial charge in [-0.2, -0.15) is 0 Å². The monoisotopic (exact) mass is 170 g/mol. The molecule has 0 aromatic rings. The fourth-order valence-corrected chi connectivity index (χ4v) is 1.76. The molecule has 0 bridgehead atoms. The standard InChI is InChI=1S/C9H18N2O/c1-3-5-11-6-4-9(7-11)10-8(2)12/h9H,3-7H2,1-2H3,(H,10,12)/t9-/m1/s1. The zero-order valence-electron chi connectivity index (χ0n) is 7.97. The number of carbonyl (C=O) groups is 1. The van der Waals surface area contributed by atoms with Gasteiger partial charge in [-0.3, -0.25) is 4.79 Å². The minimum Gasteiger partial charge on any atom is -0.352 e. The van der Waals surface area contributed by atoms with Gasteiger partial charge in [0.25, 0.3) is 0 Å². The largest absolute Gasteiger partial charge is 0.352 e. The van der Waals surface area contributed by atoms with Crippen molar-refractivity contribution in [3.05, 3.63) is 0 Å². The molecule has 1 aliphatic rings. The van der Waals surface area contributed by atoms with Crippen LogP contribution in [0.15, 0.2) is 0 Å². The molecule has 1 amide bonds. The highest BCUT2D eigenvalue weighted by atomic mass is 16.1. The molecule has 1 rings (SSSR count). The Balaban J connectivity index is 2.21. The molecule has 0 aromatic carbocycles. The highest BCUT2D eigenvalue weighted by Gasteiger charge is 2.21. The van der Waals surface area contributed by atoms with Crippen LogP contribution in [0.25, 0.3) is 0 Å². The van der Waals surface area contributed by atoms with Crippen LogP contribution in [0.4, 0.5) is 0 Å². The van der Waals surface area contributed by atoms with Crippen molar-refractivity contribution in [2.75, 3.05) is 19.6 Å². The summed E-state index contributed by atoms with van der Waals surface area (Å²) < 4.78 is 0. The first-order valence-electron chi connectivity index (χ1n) is 4.72. The summed E-state index contributed by atoms with van der Waals surface area (Å²) in [5, 5.41) is 2.95. The average molecular weight is 170 g/mol. The van der Waals surface area contributed by atoms with Crippen LogP contribution in [0.3, 0.4) is 0 Å². The summed E-state index contributed by atoms with van der Waals surface area (Å²) >= 11 is 0. The van der Waals surface area contributed by atoms with E-state index >= 15 is 0 Å². The molecule has 0 saturated carbocycles. The lowest BCUT2D eigenvalue weighted by Gasteiger charge is -2.14. The molecule has 1 aliphatic heterocycles. The van der Waals surface area contributed by atoms with Crippen molar-refractivity contribution in [2.45, 2.75) is 32.7 Å². The smallest absolute Gasteiger partial charge is 0.217 e. The number of hydrogen-bond donors (Lipinski definition) is 1. The predicted molar refractivity (Wildman–Crippen MR) is 49.0 cm³/mol. The van der Waals surface area contributed by atoms with E-state index in [1.165, 1.54) is 6.42 Å². The van der Waals surface area contributed by atoms with Crippen molar-refractivity contribution in [3.8, 4) is 0 Å². The van der Waals surface area contributed by atoms with Gasteiger partial charge in [0.05, 0.1) is 0 Å². The number of amides is 1. The minimum atomic E-state index is 0.0957. The maximum absolute atomic E-state index is 10.7. The Morgan fingerprint density at radius 3 is 3.00 bits per heavy atom. The molecule has 12 heavy (non-hydrogen) atoms. The highest BCUT2D eigenvalue weighted by Crippen LogP contribution is 2.08. The normalized spacial score (nSPS) is 24.3. The van der Waals surface area contributed by atoms with Gasteiger partial charge in [0.2, 0.25) is 5.91 Å².